The molecule has 67 heavy (non-hydrogen) atoms. The molecule has 2 atom stereocenters. The molecular weight excluding hydrogens is 851 g/mol. The maximum Gasteiger partial charge on any atom is 0.186 e. The molecule has 1 aliphatic rings. The first-order chi connectivity index (χ1) is 32.2. The first kappa shape index (κ1) is 44.9. The summed E-state index contributed by atoms with van der Waals surface area (Å²) in [6.07, 6.45) is -1.19. The molecule has 11 N–H and O–H groups in total. The molecule has 7 aromatic rings. The fourth-order valence-corrected chi connectivity index (χ4v) is 8.59. The predicted molar refractivity (Wildman–Crippen MR) is 259 cm³/mol. The van der Waals surface area contributed by atoms with Crippen molar-refractivity contribution < 1.29 is 56.2 Å². The fraction of sp³-hybridized carbons (Fsp3) is 0.0909. The Hall–Kier alpha value is -8.74. The van der Waals surface area contributed by atoms with Gasteiger partial charge in [-0.15, -0.1) is 0 Å². The molecule has 0 heterocycles. The first-order valence-corrected chi connectivity index (χ1v) is 21.2. The van der Waals surface area contributed by atoms with Gasteiger partial charge in [0.05, 0.1) is 16.8 Å². The zero-order chi connectivity index (χ0) is 47.7. The number of phenols is 4. The summed E-state index contributed by atoms with van der Waals surface area (Å²) in [5, 5.41) is 132. The van der Waals surface area contributed by atoms with Gasteiger partial charge >= 0.3 is 0 Å². The zero-order valence-corrected chi connectivity index (χ0v) is 36.2. The molecule has 0 aliphatic heterocycles. The standard InChI is InChI=1S/C55H47NO11/c1-30(57)45(35-19-10-5-11-20-35)50(62)53(65)47(31(2)58)56(42-29-43(59)41(28-44(60)49(42)61)37-23-22-32-14-12-13-21-36(32)26-37)48-54(66)51(63)46(52(64)55(48)67)38-24-25-39(33-15-6-3-7-16-33)40(27-38)34-17-8-4-9-18-34/h3-27,29,41,44,57-67H,28H2,1-2H3/b45-30+,47-31-,53-50-. The second-order valence-corrected chi connectivity index (χ2v) is 16.2. The van der Waals surface area contributed by atoms with Crippen molar-refractivity contribution in [3.63, 3.8) is 0 Å². The van der Waals surface area contributed by atoms with Crippen LogP contribution in [-0.4, -0.2) is 62.3 Å². The Labute approximate surface area is 385 Å². The highest BCUT2D eigenvalue weighted by Crippen LogP contribution is 2.58. The van der Waals surface area contributed by atoms with E-state index in [0.29, 0.717) is 16.0 Å². The van der Waals surface area contributed by atoms with Crippen LogP contribution in [0.4, 0.5) is 5.69 Å². The third-order valence-electron chi connectivity index (χ3n) is 11.8. The van der Waals surface area contributed by atoms with E-state index in [0.717, 1.165) is 40.5 Å². The number of allylic oxidation sites excluding steroid dienone is 5. The van der Waals surface area contributed by atoms with Crippen molar-refractivity contribution in [3.05, 3.63) is 215 Å². The summed E-state index contributed by atoms with van der Waals surface area (Å²) in [5.41, 5.74) is 0.552. The smallest absolute Gasteiger partial charge is 0.186 e. The van der Waals surface area contributed by atoms with Gasteiger partial charge in [-0.05, 0) is 76.1 Å². The Balaban J connectivity index is 1.38. The molecule has 1 aliphatic carbocycles. The maximum absolute atomic E-state index is 12.2. The van der Waals surface area contributed by atoms with E-state index in [4.69, 9.17) is 0 Å². The number of rotatable bonds is 10. The Morgan fingerprint density at radius 1 is 0.522 bits per heavy atom. The van der Waals surface area contributed by atoms with Crippen molar-refractivity contribution in [1.29, 1.82) is 0 Å². The molecule has 0 amide bonds. The molecule has 12 heteroatoms. The summed E-state index contributed by atoms with van der Waals surface area (Å²) >= 11 is 0. The van der Waals surface area contributed by atoms with Gasteiger partial charge in [-0.25, -0.2) is 0 Å². The minimum absolute atomic E-state index is 0.130. The lowest BCUT2D eigenvalue weighted by Crippen LogP contribution is -2.28. The number of aliphatic hydroxyl groups is 7. The van der Waals surface area contributed by atoms with E-state index in [-0.39, 0.29) is 23.1 Å². The highest BCUT2D eigenvalue weighted by molar-refractivity contribution is 5.95. The third-order valence-corrected chi connectivity index (χ3v) is 11.8. The minimum Gasteiger partial charge on any atom is -0.512 e. The van der Waals surface area contributed by atoms with Gasteiger partial charge in [-0.3, -0.25) is 4.90 Å². The largest absolute Gasteiger partial charge is 0.512 e. The molecule has 0 aromatic heterocycles. The molecule has 338 valence electrons. The van der Waals surface area contributed by atoms with Crippen molar-refractivity contribution in [3.8, 4) is 56.4 Å². The minimum atomic E-state index is -1.82. The van der Waals surface area contributed by atoms with E-state index in [9.17, 15) is 56.2 Å². The van der Waals surface area contributed by atoms with Crippen LogP contribution in [0, 0.1) is 0 Å². The molecule has 8 rings (SSSR count). The molecular formula is C55H47NO11. The topological polar surface area (TPSA) is 226 Å². The predicted octanol–water partition coefficient (Wildman–Crippen LogP) is 12.3. The van der Waals surface area contributed by atoms with Crippen molar-refractivity contribution in [1.82, 2.24) is 0 Å². The van der Waals surface area contributed by atoms with E-state index in [1.807, 2.05) is 91.0 Å². The van der Waals surface area contributed by atoms with Gasteiger partial charge in [0, 0.05) is 12.0 Å². The summed E-state index contributed by atoms with van der Waals surface area (Å²) in [7, 11) is 0. The molecule has 0 saturated carbocycles. The Morgan fingerprint density at radius 2 is 1.07 bits per heavy atom. The van der Waals surface area contributed by atoms with Crippen LogP contribution in [0.25, 0.3) is 49.7 Å². The van der Waals surface area contributed by atoms with Crippen molar-refractivity contribution >= 4 is 22.0 Å². The summed E-state index contributed by atoms with van der Waals surface area (Å²) in [6, 6.07) is 44.4. The van der Waals surface area contributed by atoms with Gasteiger partial charge < -0.3 is 56.2 Å². The lowest BCUT2D eigenvalue weighted by molar-refractivity contribution is 0.135. The molecule has 0 bridgehead atoms. The van der Waals surface area contributed by atoms with E-state index >= 15 is 0 Å². The quantitative estimate of drug-likeness (QED) is 0.0267. The van der Waals surface area contributed by atoms with Gasteiger partial charge in [0.15, 0.2) is 34.5 Å². The SMILES string of the molecule is C\C(O)=C(/C(O)=C(O)\C(=C(/C)O)c1ccccc1)N(C1=C(O)C(O)CC(c2ccc3ccccc3c2)C(O)=C1)c1c(O)c(O)c(-c2ccc(-c3ccccc3)c(-c3ccccc3)c2)c(O)c1O. The highest BCUT2D eigenvalue weighted by atomic mass is 16.3. The van der Waals surface area contributed by atoms with Crippen LogP contribution < -0.4 is 4.90 Å². The number of phenolic OH excluding ortho intramolecular Hbond substituents is 4. The number of hydrogen-bond acceptors (Lipinski definition) is 12. The molecule has 0 radical (unpaired) electrons. The average molecular weight is 898 g/mol. The number of aliphatic hydroxyl groups excluding tert-OH is 7. The average Bonchev–Trinajstić information content (AvgIpc) is 3.44. The van der Waals surface area contributed by atoms with Gasteiger partial charge in [0.25, 0.3) is 0 Å². The van der Waals surface area contributed by atoms with E-state index < -0.39 is 92.2 Å². The molecule has 12 nitrogen and oxygen atoms in total. The van der Waals surface area contributed by atoms with Crippen molar-refractivity contribution in [2.75, 3.05) is 4.90 Å². The second-order valence-electron chi connectivity index (χ2n) is 16.2. The number of aromatic hydroxyl groups is 4. The number of benzene rings is 7. The second kappa shape index (κ2) is 18.4. The van der Waals surface area contributed by atoms with Crippen LogP contribution in [0.1, 0.15) is 37.3 Å². The molecule has 2 unspecified atom stereocenters. The van der Waals surface area contributed by atoms with Gasteiger partial charge in [0.2, 0.25) is 0 Å². The van der Waals surface area contributed by atoms with E-state index in [2.05, 4.69) is 0 Å². The summed E-state index contributed by atoms with van der Waals surface area (Å²) < 4.78 is 0. The summed E-state index contributed by atoms with van der Waals surface area (Å²) in [4.78, 5) is 0.565. The highest BCUT2D eigenvalue weighted by Gasteiger charge is 2.39. The summed E-state index contributed by atoms with van der Waals surface area (Å²) in [6.45, 7) is 2.27. The normalized spacial score (nSPS) is 16.4. The number of fused-ring (bicyclic) bond motifs is 1. The number of nitrogens with zero attached hydrogens (tertiary/aromatic N) is 1. The Bertz CT molecular complexity index is 3150. The van der Waals surface area contributed by atoms with Crippen molar-refractivity contribution in [2.45, 2.75) is 32.3 Å². The van der Waals surface area contributed by atoms with Crippen molar-refractivity contribution in [2.24, 2.45) is 0 Å². The summed E-state index contributed by atoms with van der Waals surface area (Å²) in [5.74, 6) is -10.4. The maximum atomic E-state index is 12.2. The molecule has 0 fully saturated rings. The molecule has 0 saturated heterocycles. The zero-order valence-electron chi connectivity index (χ0n) is 36.2. The van der Waals surface area contributed by atoms with Gasteiger partial charge in [-0.2, -0.15) is 0 Å². The van der Waals surface area contributed by atoms with Crippen LogP contribution in [0.15, 0.2) is 204 Å². The molecule has 0 spiro atoms. The molecule has 7 aromatic carbocycles. The van der Waals surface area contributed by atoms with Crippen LogP contribution in [0.3, 0.4) is 0 Å². The van der Waals surface area contributed by atoms with E-state index in [1.165, 1.54) is 19.1 Å². The monoisotopic (exact) mass is 897 g/mol. The first-order valence-electron chi connectivity index (χ1n) is 21.2. The lowest BCUT2D eigenvalue weighted by atomic mass is 9.90. The Kier molecular flexibility index (Phi) is 12.3. The number of hydrogen-bond donors (Lipinski definition) is 11. The fourth-order valence-electron chi connectivity index (χ4n) is 8.59. The van der Waals surface area contributed by atoms with E-state index in [1.54, 1.807) is 48.5 Å². The Morgan fingerprint density at radius 3 is 1.66 bits per heavy atom. The number of anilines is 1. The van der Waals surface area contributed by atoms with Gasteiger partial charge in [0.1, 0.15) is 40.5 Å². The van der Waals surface area contributed by atoms with Crippen LogP contribution in [-0.2, 0) is 0 Å². The van der Waals surface area contributed by atoms with Crippen LogP contribution in [0.5, 0.6) is 23.0 Å². The third kappa shape index (κ3) is 8.40. The van der Waals surface area contributed by atoms with Gasteiger partial charge in [-0.1, -0.05) is 146 Å². The lowest BCUT2D eigenvalue weighted by Gasteiger charge is -2.31. The van der Waals surface area contributed by atoms with Crippen LogP contribution in [0.2, 0.25) is 0 Å². The van der Waals surface area contributed by atoms with Crippen LogP contribution >= 0.6 is 0 Å².